The Hall–Kier alpha value is -2.13. The Morgan fingerprint density at radius 2 is 1.77 bits per heavy atom. The number of carbonyl (C=O) groups excluding carboxylic acids is 2. The molecule has 0 atom stereocenters. The first kappa shape index (κ1) is 22.6. The first-order valence-electron chi connectivity index (χ1n) is 10.3. The fourth-order valence-electron chi connectivity index (χ4n) is 3.67. The lowest BCUT2D eigenvalue weighted by Crippen LogP contribution is -2.34. The van der Waals surface area contributed by atoms with Crippen molar-refractivity contribution < 1.29 is 9.59 Å². The molecule has 2 aromatic rings. The van der Waals surface area contributed by atoms with E-state index in [1.165, 1.54) is 55.2 Å². The number of nitrogens with one attached hydrogen (secondary N) is 3. The molecule has 1 aliphatic carbocycles. The molecule has 0 radical (unpaired) electrons. The fraction of sp³-hybridized carbons (Fsp3) is 0.524. The van der Waals surface area contributed by atoms with Crippen molar-refractivity contribution in [3.63, 3.8) is 0 Å². The zero-order chi connectivity index (χ0) is 21.5. The number of benzene rings is 1. The largest absolute Gasteiger partial charge is 0.357 e. The maximum Gasteiger partial charge on any atom is 0.243 e. The van der Waals surface area contributed by atoms with Crippen molar-refractivity contribution in [3.05, 3.63) is 28.8 Å². The molecule has 2 amide bonds. The Balaban J connectivity index is 1.39. The number of nitrogens with zero attached hydrogens (tertiary/aromatic N) is 2. The molecule has 0 spiro atoms. The number of aryl methyl sites for hydroxylation is 3. The van der Waals surface area contributed by atoms with E-state index in [-0.39, 0.29) is 24.1 Å². The van der Waals surface area contributed by atoms with Gasteiger partial charge in [0.2, 0.25) is 16.9 Å². The summed E-state index contributed by atoms with van der Waals surface area (Å²) in [5.41, 5.74) is 3.98. The molecule has 1 heterocycles. The molecule has 3 N–H and O–H groups in total. The third-order valence-electron chi connectivity index (χ3n) is 5.05. The van der Waals surface area contributed by atoms with Gasteiger partial charge in [0, 0.05) is 11.7 Å². The zero-order valence-corrected chi connectivity index (χ0v) is 19.3. The number of hydrogen-bond acceptors (Lipinski definition) is 7. The molecule has 0 bridgehead atoms. The summed E-state index contributed by atoms with van der Waals surface area (Å²) in [7, 11) is 0. The van der Waals surface area contributed by atoms with Gasteiger partial charge >= 0.3 is 0 Å². The van der Waals surface area contributed by atoms with Crippen LogP contribution in [0.15, 0.2) is 16.5 Å². The highest BCUT2D eigenvalue weighted by Gasteiger charge is 2.16. The van der Waals surface area contributed by atoms with Crippen LogP contribution in [0.3, 0.4) is 0 Å². The molecule has 1 aromatic heterocycles. The molecule has 1 saturated carbocycles. The summed E-state index contributed by atoms with van der Waals surface area (Å²) < 4.78 is 0.749. The maximum atomic E-state index is 12.2. The fourth-order valence-corrected chi connectivity index (χ4v) is 5.32. The summed E-state index contributed by atoms with van der Waals surface area (Å²) >= 11 is 2.80. The monoisotopic (exact) mass is 447 g/mol. The molecule has 7 nitrogen and oxygen atoms in total. The molecule has 0 saturated heterocycles. The second kappa shape index (κ2) is 10.8. The van der Waals surface area contributed by atoms with E-state index in [4.69, 9.17) is 0 Å². The minimum Gasteiger partial charge on any atom is -0.357 e. The molecule has 1 fully saturated rings. The van der Waals surface area contributed by atoms with Gasteiger partial charge < -0.3 is 16.0 Å². The summed E-state index contributed by atoms with van der Waals surface area (Å²) in [4.78, 5) is 24.3. The number of aromatic nitrogens is 2. The van der Waals surface area contributed by atoms with E-state index < -0.39 is 0 Å². The van der Waals surface area contributed by atoms with Crippen molar-refractivity contribution in [1.82, 2.24) is 15.5 Å². The van der Waals surface area contributed by atoms with Crippen molar-refractivity contribution in [2.24, 2.45) is 0 Å². The molecule has 9 heteroatoms. The number of thioether (sulfide) groups is 1. The number of hydrogen-bond donors (Lipinski definition) is 3. The Labute approximate surface area is 185 Å². The Morgan fingerprint density at radius 3 is 2.47 bits per heavy atom. The van der Waals surface area contributed by atoms with Gasteiger partial charge in [0.25, 0.3) is 0 Å². The molecule has 3 rings (SSSR count). The predicted octanol–water partition coefficient (Wildman–Crippen LogP) is 4.05. The quantitative estimate of drug-likeness (QED) is 0.528. The molecule has 1 aliphatic rings. The standard InChI is InChI=1S/C21H29N5O2S2/c1-13-9-14(2)19(15(3)10-13)24-17(27)11-22-18(28)12-29-21-26-25-20(30-21)23-16-7-5-4-6-8-16/h9-10,16H,4-8,11-12H2,1-3H3,(H,22,28)(H,23,25)(H,24,27). The average Bonchev–Trinajstić information content (AvgIpc) is 3.15. The van der Waals surface area contributed by atoms with Crippen LogP contribution in [0.1, 0.15) is 48.8 Å². The van der Waals surface area contributed by atoms with Crippen LogP contribution < -0.4 is 16.0 Å². The van der Waals surface area contributed by atoms with Gasteiger partial charge in [0.1, 0.15) is 0 Å². The number of rotatable bonds is 8. The van der Waals surface area contributed by atoms with Gasteiger partial charge in [-0.15, -0.1) is 10.2 Å². The molecular weight excluding hydrogens is 418 g/mol. The lowest BCUT2D eigenvalue weighted by atomic mass is 9.96. The van der Waals surface area contributed by atoms with Crippen molar-refractivity contribution in [3.8, 4) is 0 Å². The Morgan fingerprint density at radius 1 is 1.07 bits per heavy atom. The normalized spacial score (nSPS) is 14.4. The number of carbonyl (C=O) groups is 2. The van der Waals surface area contributed by atoms with Crippen LogP contribution >= 0.6 is 23.1 Å². The van der Waals surface area contributed by atoms with Crippen molar-refractivity contribution in [2.75, 3.05) is 22.9 Å². The van der Waals surface area contributed by atoms with Crippen LogP contribution in [0.5, 0.6) is 0 Å². The third-order valence-corrected chi connectivity index (χ3v) is 7.04. The van der Waals surface area contributed by atoms with E-state index in [1.807, 2.05) is 32.9 Å². The summed E-state index contributed by atoms with van der Waals surface area (Å²) in [6, 6.07) is 4.53. The Bertz CT molecular complexity index is 870. The van der Waals surface area contributed by atoms with Crippen LogP contribution in [-0.2, 0) is 9.59 Å². The van der Waals surface area contributed by atoms with Crippen molar-refractivity contribution in [1.29, 1.82) is 0 Å². The predicted molar refractivity (Wildman–Crippen MR) is 123 cm³/mol. The summed E-state index contributed by atoms with van der Waals surface area (Å²) in [5, 5.41) is 18.1. The molecule has 0 aliphatic heterocycles. The van der Waals surface area contributed by atoms with Gasteiger partial charge in [-0.3, -0.25) is 9.59 Å². The van der Waals surface area contributed by atoms with E-state index in [9.17, 15) is 9.59 Å². The second-order valence-corrected chi connectivity index (χ2v) is 9.94. The van der Waals surface area contributed by atoms with Gasteiger partial charge in [-0.1, -0.05) is 60.1 Å². The van der Waals surface area contributed by atoms with Gasteiger partial charge in [-0.05, 0) is 44.7 Å². The number of anilines is 2. The highest BCUT2D eigenvalue weighted by Crippen LogP contribution is 2.28. The van der Waals surface area contributed by atoms with Crippen LogP contribution in [0.4, 0.5) is 10.8 Å². The van der Waals surface area contributed by atoms with Crippen LogP contribution in [0, 0.1) is 20.8 Å². The average molecular weight is 448 g/mol. The third kappa shape index (κ3) is 6.70. The lowest BCUT2D eigenvalue weighted by Gasteiger charge is -2.21. The highest BCUT2D eigenvalue weighted by atomic mass is 32.2. The Kier molecular flexibility index (Phi) is 8.09. The van der Waals surface area contributed by atoms with E-state index in [2.05, 4.69) is 26.1 Å². The van der Waals surface area contributed by atoms with E-state index in [0.717, 1.165) is 31.8 Å². The van der Waals surface area contributed by atoms with E-state index >= 15 is 0 Å². The minimum atomic E-state index is -0.238. The maximum absolute atomic E-state index is 12.2. The van der Waals surface area contributed by atoms with Crippen molar-refractivity contribution in [2.45, 2.75) is 63.3 Å². The summed E-state index contributed by atoms with van der Waals surface area (Å²) in [6.07, 6.45) is 6.18. The summed E-state index contributed by atoms with van der Waals surface area (Å²) in [5.74, 6) is -0.240. The van der Waals surface area contributed by atoms with E-state index in [1.54, 1.807) is 0 Å². The minimum absolute atomic E-state index is 0.0588. The van der Waals surface area contributed by atoms with Gasteiger partial charge in [-0.25, -0.2) is 0 Å². The number of amides is 2. The van der Waals surface area contributed by atoms with Crippen molar-refractivity contribution >= 4 is 45.7 Å². The molecule has 1 aromatic carbocycles. The van der Waals surface area contributed by atoms with Gasteiger partial charge in [-0.2, -0.15) is 0 Å². The smallest absolute Gasteiger partial charge is 0.243 e. The molecular formula is C21H29N5O2S2. The van der Waals surface area contributed by atoms with Crippen LogP contribution in [0.25, 0.3) is 0 Å². The zero-order valence-electron chi connectivity index (χ0n) is 17.7. The summed E-state index contributed by atoms with van der Waals surface area (Å²) in [6.45, 7) is 5.89. The van der Waals surface area contributed by atoms with Crippen LogP contribution in [-0.4, -0.2) is 40.4 Å². The lowest BCUT2D eigenvalue weighted by molar-refractivity contribution is -0.122. The first-order valence-corrected chi connectivity index (χ1v) is 12.1. The van der Waals surface area contributed by atoms with Crippen LogP contribution in [0.2, 0.25) is 0 Å². The first-order chi connectivity index (χ1) is 14.4. The van der Waals surface area contributed by atoms with Gasteiger partial charge in [0.15, 0.2) is 4.34 Å². The van der Waals surface area contributed by atoms with E-state index in [0.29, 0.717) is 6.04 Å². The molecule has 30 heavy (non-hydrogen) atoms. The molecule has 0 unspecified atom stereocenters. The van der Waals surface area contributed by atoms with Gasteiger partial charge in [0.05, 0.1) is 12.3 Å². The SMILES string of the molecule is Cc1cc(C)c(NC(=O)CNC(=O)CSc2nnc(NC3CCCCC3)s2)c(C)c1. The molecule has 162 valence electrons. The second-order valence-electron chi connectivity index (χ2n) is 7.74. The highest BCUT2D eigenvalue weighted by molar-refractivity contribution is 8.01. The topological polar surface area (TPSA) is 96.0 Å².